The average Bonchev–Trinajstić information content (AvgIpc) is 3.36. The topological polar surface area (TPSA) is 226 Å². The summed E-state index contributed by atoms with van der Waals surface area (Å²) in [5, 5.41) is 36.1. The van der Waals surface area contributed by atoms with Gasteiger partial charge in [0.2, 0.25) is 5.95 Å². The summed E-state index contributed by atoms with van der Waals surface area (Å²) >= 11 is 5.24. The fourth-order valence-corrected chi connectivity index (χ4v) is 5.52. The molecule has 1 saturated heterocycles. The van der Waals surface area contributed by atoms with E-state index in [2.05, 4.69) is 20.0 Å². The predicted molar refractivity (Wildman–Crippen MR) is 147 cm³/mol. The number of rotatable bonds is 10. The molecule has 17 heteroatoms. The summed E-state index contributed by atoms with van der Waals surface area (Å²) in [6.07, 6.45) is -2.22. The van der Waals surface area contributed by atoms with E-state index in [-0.39, 0.29) is 40.7 Å². The maximum atomic E-state index is 11.4. The van der Waals surface area contributed by atoms with Crippen molar-refractivity contribution in [2.75, 3.05) is 18.1 Å². The molecule has 0 amide bonds. The standard InChI is InChI=1S/C23H32N7O8PS/c1-12(2)36-20(37-14-8-6-5-7-9-14)13(3)29-39(34,40)35-10-15-17(31)22(4,32)23(33,38-15)30-11-26-16-18(24)27-21(25)28-19(16)30/h5-9,11-12,15,17,31-33H,10H2,1-4H3,(H2,29,34,40)(H4,24,25,27,28)/t15-,17-,22-,23+,39?/m1/s1. The third kappa shape index (κ3) is 5.84. The van der Waals surface area contributed by atoms with Crippen molar-refractivity contribution < 1.29 is 38.9 Å². The molecule has 9 N–H and O–H groups in total. The molecular weight excluding hydrogens is 565 g/mol. The zero-order valence-corrected chi connectivity index (χ0v) is 23.8. The smallest absolute Gasteiger partial charge is 0.305 e. The van der Waals surface area contributed by atoms with E-state index in [0.29, 0.717) is 5.75 Å². The minimum absolute atomic E-state index is 0.0488. The third-order valence-corrected chi connectivity index (χ3v) is 7.70. The number of aliphatic hydroxyl groups is 3. The lowest BCUT2D eigenvalue weighted by molar-refractivity contribution is -0.317. The van der Waals surface area contributed by atoms with Crippen molar-refractivity contribution in [3.8, 4) is 5.75 Å². The van der Waals surface area contributed by atoms with Gasteiger partial charge in [-0.05, 0) is 51.6 Å². The van der Waals surface area contributed by atoms with Crippen LogP contribution in [0.1, 0.15) is 27.7 Å². The Morgan fingerprint density at radius 3 is 2.58 bits per heavy atom. The van der Waals surface area contributed by atoms with E-state index in [4.69, 9.17) is 42.0 Å². The number of nitrogen functional groups attached to an aromatic ring is 2. The highest BCUT2D eigenvalue weighted by Crippen LogP contribution is 2.46. The van der Waals surface area contributed by atoms with Crippen molar-refractivity contribution in [3.05, 3.63) is 48.3 Å². The Bertz CT molecular complexity index is 1450. The number of aliphatic hydroxyl groups excluding tert-OH is 1. The van der Waals surface area contributed by atoms with Gasteiger partial charge in [-0.25, -0.2) is 4.98 Å². The predicted octanol–water partition coefficient (Wildman–Crippen LogP) is 0.620. The first-order valence-electron chi connectivity index (χ1n) is 12.1. The molecular formula is C23H32N7O8PS. The van der Waals surface area contributed by atoms with Gasteiger partial charge in [-0.2, -0.15) is 9.97 Å². The van der Waals surface area contributed by atoms with E-state index in [1.54, 1.807) is 45.0 Å². The van der Waals surface area contributed by atoms with Crippen molar-refractivity contribution >= 4 is 41.4 Å². The Labute approximate surface area is 234 Å². The van der Waals surface area contributed by atoms with Crippen molar-refractivity contribution in [3.63, 3.8) is 0 Å². The van der Waals surface area contributed by atoms with Gasteiger partial charge >= 0.3 is 5.95 Å². The van der Waals surface area contributed by atoms with Crippen LogP contribution in [0.15, 0.2) is 48.3 Å². The lowest BCUT2D eigenvalue weighted by Gasteiger charge is -2.34. The SMILES string of the molecule is CC(NP(O)(=S)OC[C@H]1O[C@](O)(n2cnc3c(N)nc(N)nc32)[C@](C)(O)[C@@H]1O)=C(Oc1ccccc1)OC(C)C. The van der Waals surface area contributed by atoms with Crippen molar-refractivity contribution in [2.24, 2.45) is 0 Å². The molecule has 0 bridgehead atoms. The summed E-state index contributed by atoms with van der Waals surface area (Å²) < 4.78 is 23.7. The number of imidazole rings is 1. The molecule has 1 fully saturated rings. The number of hydrogen-bond acceptors (Lipinski definition) is 13. The van der Waals surface area contributed by atoms with Crippen LogP contribution in [0.3, 0.4) is 0 Å². The number of ether oxygens (including phenoxy) is 3. The van der Waals surface area contributed by atoms with Gasteiger partial charge in [0.25, 0.3) is 12.6 Å². The zero-order valence-electron chi connectivity index (χ0n) is 22.1. The maximum absolute atomic E-state index is 11.4. The summed E-state index contributed by atoms with van der Waals surface area (Å²) in [4.78, 5) is 22.7. The van der Waals surface area contributed by atoms with Gasteiger partial charge in [-0.3, -0.25) is 4.57 Å². The molecule has 0 radical (unpaired) electrons. The van der Waals surface area contributed by atoms with Gasteiger partial charge in [-0.15, -0.1) is 0 Å². The molecule has 15 nitrogen and oxygen atoms in total. The minimum Gasteiger partial charge on any atom is -0.461 e. The van der Waals surface area contributed by atoms with Gasteiger partial charge in [0.05, 0.1) is 18.4 Å². The van der Waals surface area contributed by atoms with Crippen LogP contribution in [0, 0.1) is 0 Å². The molecule has 1 unspecified atom stereocenters. The summed E-state index contributed by atoms with van der Waals surface area (Å²) in [6, 6.07) is 8.87. The zero-order chi connectivity index (χ0) is 29.5. The molecule has 0 saturated carbocycles. The first kappa shape index (κ1) is 29.9. The van der Waals surface area contributed by atoms with Crippen molar-refractivity contribution in [2.45, 2.75) is 57.5 Å². The number of nitrogens with two attached hydrogens (primary N) is 2. The number of anilines is 2. The Hall–Kier alpha value is -3.08. The van der Waals surface area contributed by atoms with Crippen molar-refractivity contribution in [1.82, 2.24) is 24.6 Å². The number of fused-ring (bicyclic) bond motifs is 1. The molecule has 40 heavy (non-hydrogen) atoms. The van der Waals surface area contributed by atoms with Crippen LogP contribution in [-0.4, -0.2) is 70.3 Å². The number of benzene rings is 1. The molecule has 4 rings (SSSR count). The number of nitrogens with zero attached hydrogens (tertiary/aromatic N) is 4. The van der Waals surface area contributed by atoms with Crippen LogP contribution in [0.4, 0.5) is 11.8 Å². The molecule has 1 aliphatic heterocycles. The van der Waals surface area contributed by atoms with E-state index in [1.165, 1.54) is 0 Å². The molecule has 0 spiro atoms. The molecule has 5 atom stereocenters. The molecule has 1 aliphatic rings. The Morgan fingerprint density at radius 2 is 1.93 bits per heavy atom. The second kappa shape index (κ2) is 11.1. The Morgan fingerprint density at radius 1 is 1.25 bits per heavy atom. The lowest BCUT2D eigenvalue weighted by atomic mass is 9.94. The average molecular weight is 598 g/mol. The van der Waals surface area contributed by atoms with Crippen LogP contribution in [-0.2, 0) is 31.7 Å². The summed E-state index contributed by atoms with van der Waals surface area (Å²) in [5.74, 6) is -2.30. The lowest BCUT2D eigenvalue weighted by Crippen LogP contribution is -2.55. The first-order valence-corrected chi connectivity index (χ1v) is 14.7. The summed E-state index contributed by atoms with van der Waals surface area (Å²) in [5.41, 5.74) is 9.49. The Balaban J connectivity index is 1.52. The maximum Gasteiger partial charge on any atom is 0.305 e. The second-order valence-corrected chi connectivity index (χ2v) is 12.5. The van der Waals surface area contributed by atoms with Gasteiger partial charge in [0.1, 0.15) is 24.3 Å². The molecule has 3 aromatic rings. The fourth-order valence-electron chi connectivity index (χ4n) is 4.00. The Kier molecular flexibility index (Phi) is 8.27. The quantitative estimate of drug-likeness (QED) is 0.126. The van der Waals surface area contributed by atoms with E-state index < -0.39 is 37.0 Å². The van der Waals surface area contributed by atoms with Gasteiger partial charge in [0.15, 0.2) is 22.6 Å². The van der Waals surface area contributed by atoms with Crippen LogP contribution < -0.4 is 21.3 Å². The monoisotopic (exact) mass is 597 g/mol. The minimum atomic E-state index is -3.79. The van der Waals surface area contributed by atoms with Gasteiger partial charge in [0, 0.05) is 0 Å². The number of aromatic nitrogens is 4. The van der Waals surface area contributed by atoms with Crippen LogP contribution in [0.5, 0.6) is 5.75 Å². The summed E-state index contributed by atoms with van der Waals surface area (Å²) in [7, 11) is 0. The van der Waals surface area contributed by atoms with Crippen molar-refractivity contribution in [1.29, 1.82) is 0 Å². The van der Waals surface area contributed by atoms with E-state index in [1.807, 2.05) is 6.07 Å². The molecule has 1 aromatic carbocycles. The van der Waals surface area contributed by atoms with E-state index >= 15 is 0 Å². The number of nitrogens with one attached hydrogen (secondary N) is 1. The highest BCUT2D eigenvalue weighted by atomic mass is 32.5. The largest absolute Gasteiger partial charge is 0.461 e. The normalized spacial score (nSPS) is 26.9. The fraction of sp³-hybridized carbons (Fsp3) is 0.435. The van der Waals surface area contributed by atoms with Crippen LogP contribution in [0.25, 0.3) is 11.2 Å². The molecule has 218 valence electrons. The molecule has 2 aromatic heterocycles. The van der Waals surface area contributed by atoms with E-state index in [9.17, 15) is 20.2 Å². The second-order valence-electron chi connectivity index (χ2n) is 9.53. The van der Waals surface area contributed by atoms with Crippen LogP contribution >= 0.6 is 6.64 Å². The molecule has 0 aliphatic carbocycles. The van der Waals surface area contributed by atoms with Gasteiger partial charge < -0.3 is 55.5 Å². The third-order valence-electron chi connectivity index (χ3n) is 6.00. The number of allylic oxidation sites excluding steroid dienone is 1. The first-order chi connectivity index (χ1) is 18.6. The van der Waals surface area contributed by atoms with E-state index in [0.717, 1.165) is 17.8 Å². The number of hydrogen-bond donors (Lipinski definition) is 7. The highest BCUT2D eigenvalue weighted by molar-refractivity contribution is 8.08. The van der Waals surface area contributed by atoms with Crippen LogP contribution in [0.2, 0.25) is 0 Å². The molecule has 3 heterocycles. The summed E-state index contributed by atoms with van der Waals surface area (Å²) in [6.45, 7) is 2.02. The number of para-hydroxylation sites is 1. The highest BCUT2D eigenvalue weighted by Gasteiger charge is 2.64. The van der Waals surface area contributed by atoms with Gasteiger partial charge in [-0.1, -0.05) is 18.2 Å².